The van der Waals surface area contributed by atoms with Gasteiger partial charge in [0.05, 0.1) is 34.8 Å². The highest BCUT2D eigenvalue weighted by Gasteiger charge is 2.36. The molecular weight excluding hydrogens is 517 g/mol. The second-order valence-corrected chi connectivity index (χ2v) is 10.1. The number of imide groups is 1. The molecule has 5 rings (SSSR count). The molecule has 0 unspecified atom stereocenters. The van der Waals surface area contributed by atoms with Crippen LogP contribution in [0.2, 0.25) is 5.02 Å². The fourth-order valence-corrected chi connectivity index (χ4v) is 5.28. The first-order valence-corrected chi connectivity index (χ1v) is 12.2. The Balaban J connectivity index is 1.33. The molecule has 7 nitrogen and oxygen atoms in total. The van der Waals surface area contributed by atoms with Crippen LogP contribution in [0.1, 0.15) is 16.7 Å². The maximum Gasteiger partial charge on any atom is 0.416 e. The average molecular weight is 537 g/mol. The van der Waals surface area contributed by atoms with Crippen molar-refractivity contribution in [1.29, 1.82) is 0 Å². The highest BCUT2D eigenvalue weighted by Crippen LogP contribution is 2.35. The number of hydrogen-bond acceptors (Lipinski definition) is 6. The number of halogens is 4. The lowest BCUT2D eigenvalue weighted by molar-refractivity contribution is -0.138. The Morgan fingerprint density at radius 1 is 1.14 bits per heavy atom. The number of β-amino-alcohol motifs (C(OH)–C–C–N with tert-alkyl or cyclic N) is 1. The molecule has 2 fully saturated rings. The highest BCUT2D eigenvalue weighted by atomic mass is 35.5. The number of alkyl halides is 3. The van der Waals surface area contributed by atoms with E-state index in [1.54, 1.807) is 30.5 Å². The minimum absolute atomic E-state index is 0.00444. The van der Waals surface area contributed by atoms with E-state index in [9.17, 15) is 27.9 Å². The fourth-order valence-electron chi connectivity index (χ4n) is 4.24. The van der Waals surface area contributed by atoms with E-state index < -0.39 is 11.7 Å². The maximum atomic E-state index is 13.5. The van der Waals surface area contributed by atoms with Crippen LogP contribution < -0.4 is 0 Å². The van der Waals surface area contributed by atoms with Crippen LogP contribution in [0.3, 0.4) is 0 Å². The number of aromatic nitrogens is 2. The van der Waals surface area contributed by atoms with Crippen molar-refractivity contribution in [2.24, 2.45) is 0 Å². The Hall–Kier alpha value is -2.86. The van der Waals surface area contributed by atoms with E-state index in [1.807, 2.05) is 4.90 Å². The fraction of sp³-hybridized carbons (Fsp3) is 0.292. The third-order valence-corrected chi connectivity index (χ3v) is 7.25. The molecule has 2 amide bonds. The lowest BCUT2D eigenvalue weighted by Crippen LogP contribution is -2.53. The van der Waals surface area contributed by atoms with Crippen LogP contribution in [0.5, 0.6) is 0 Å². The molecular formula is C24H20ClF3N4O3S. The van der Waals surface area contributed by atoms with Gasteiger partial charge in [0.25, 0.3) is 11.1 Å². The average Bonchev–Trinajstić information content (AvgIpc) is 3.31. The monoisotopic (exact) mass is 536 g/mol. The van der Waals surface area contributed by atoms with Gasteiger partial charge in [0.2, 0.25) is 0 Å². The van der Waals surface area contributed by atoms with Gasteiger partial charge in [0.1, 0.15) is 0 Å². The zero-order valence-electron chi connectivity index (χ0n) is 18.7. The third kappa shape index (κ3) is 5.01. The number of thioether (sulfide) groups is 1. The summed E-state index contributed by atoms with van der Waals surface area (Å²) in [5.41, 5.74) is 0.527. The Labute approximate surface area is 213 Å². The molecule has 1 aromatic heterocycles. The summed E-state index contributed by atoms with van der Waals surface area (Å²) in [4.78, 5) is 28.5. The number of carbonyl (C=O) groups excluding carboxylic acids is 2. The molecule has 2 aliphatic heterocycles. The number of likely N-dealkylation sites (tertiary alicyclic amines) is 1. The summed E-state index contributed by atoms with van der Waals surface area (Å²) in [7, 11) is 0. The van der Waals surface area contributed by atoms with Gasteiger partial charge < -0.3 is 5.11 Å². The molecule has 36 heavy (non-hydrogen) atoms. The van der Waals surface area contributed by atoms with Gasteiger partial charge in [-0.1, -0.05) is 23.7 Å². The summed E-state index contributed by atoms with van der Waals surface area (Å²) in [5.74, 6) is -0.371. The number of benzene rings is 2. The van der Waals surface area contributed by atoms with Gasteiger partial charge in [-0.05, 0) is 53.2 Å². The smallest absolute Gasteiger partial charge is 0.390 e. The van der Waals surface area contributed by atoms with E-state index in [0.29, 0.717) is 41.0 Å². The highest BCUT2D eigenvalue weighted by molar-refractivity contribution is 8.18. The van der Waals surface area contributed by atoms with Crippen LogP contribution in [0.15, 0.2) is 47.5 Å². The van der Waals surface area contributed by atoms with Gasteiger partial charge in [-0.15, -0.1) is 0 Å². The molecule has 2 aromatic carbocycles. The molecule has 2 saturated heterocycles. The summed E-state index contributed by atoms with van der Waals surface area (Å²) in [5, 5.41) is 14.0. The molecule has 0 saturated carbocycles. The van der Waals surface area contributed by atoms with Crippen LogP contribution in [0, 0.1) is 0 Å². The molecule has 3 aromatic rings. The topological polar surface area (TPSA) is 78.7 Å². The van der Waals surface area contributed by atoms with Gasteiger partial charge in [0.15, 0.2) is 0 Å². The molecule has 3 heterocycles. The molecule has 0 atom stereocenters. The molecule has 0 bridgehead atoms. The van der Waals surface area contributed by atoms with E-state index in [1.165, 1.54) is 21.7 Å². The molecule has 1 N–H and O–H groups in total. The number of amides is 2. The molecule has 188 valence electrons. The number of rotatable bonds is 6. The molecule has 0 radical (unpaired) electrons. The summed E-state index contributed by atoms with van der Waals surface area (Å²) < 4.78 is 41.9. The summed E-state index contributed by atoms with van der Waals surface area (Å²) >= 11 is 6.64. The number of nitrogens with zero attached hydrogens (tertiary/aromatic N) is 4. The van der Waals surface area contributed by atoms with Crippen LogP contribution in [-0.4, -0.2) is 68.1 Å². The first-order valence-electron chi connectivity index (χ1n) is 11.1. The lowest BCUT2D eigenvalue weighted by atomic mass is 10.1. The van der Waals surface area contributed by atoms with Crippen molar-refractivity contribution >= 4 is 51.5 Å². The number of hydrogen-bond donors (Lipinski definition) is 1. The van der Waals surface area contributed by atoms with E-state index >= 15 is 0 Å². The number of carbonyl (C=O) groups is 2. The normalized spacial score (nSPS) is 18.6. The van der Waals surface area contributed by atoms with E-state index in [-0.39, 0.29) is 40.9 Å². The van der Waals surface area contributed by atoms with Crippen molar-refractivity contribution in [3.63, 3.8) is 0 Å². The van der Waals surface area contributed by atoms with Gasteiger partial charge in [-0.3, -0.25) is 24.1 Å². The number of aliphatic hydroxyl groups is 1. The van der Waals surface area contributed by atoms with Gasteiger partial charge >= 0.3 is 6.18 Å². The molecule has 12 heteroatoms. The minimum Gasteiger partial charge on any atom is -0.390 e. The molecule has 0 aliphatic carbocycles. The molecule has 2 aliphatic rings. The van der Waals surface area contributed by atoms with Crippen LogP contribution in [-0.2, 0) is 17.5 Å². The standard InChI is InChI=1S/C24H20ClF3N4O3S/c25-17-3-2-15(19(9-17)24(26,27)28)11-32-20-4-1-14(7-16(20)10-29-32)8-21-22(34)31(23(35)36-21)6-5-30-12-18(33)13-30/h1-4,7-10,18,33H,5-6,11-13H2/b21-8-. The predicted octanol–water partition coefficient (Wildman–Crippen LogP) is 4.47. The predicted molar refractivity (Wildman–Crippen MR) is 130 cm³/mol. The Kier molecular flexibility index (Phi) is 6.58. The van der Waals surface area contributed by atoms with Crippen molar-refractivity contribution < 1.29 is 27.9 Å². The first-order chi connectivity index (χ1) is 17.1. The quantitative estimate of drug-likeness (QED) is 0.468. The van der Waals surface area contributed by atoms with Crippen molar-refractivity contribution in [1.82, 2.24) is 19.6 Å². The van der Waals surface area contributed by atoms with Crippen molar-refractivity contribution in [2.75, 3.05) is 26.2 Å². The van der Waals surface area contributed by atoms with Crippen LogP contribution in [0.25, 0.3) is 17.0 Å². The Bertz CT molecular complexity index is 1380. The van der Waals surface area contributed by atoms with E-state index in [2.05, 4.69) is 5.10 Å². The van der Waals surface area contributed by atoms with Crippen molar-refractivity contribution in [3.05, 3.63) is 69.2 Å². The SMILES string of the molecule is O=C1S/C(=C\c2ccc3c(cnn3Cc3ccc(Cl)cc3C(F)(F)F)c2)C(=O)N1CCN1CC(O)C1. The zero-order chi connectivity index (χ0) is 25.6. The summed E-state index contributed by atoms with van der Waals surface area (Å²) in [6.45, 7) is 1.74. The van der Waals surface area contributed by atoms with Gasteiger partial charge in [-0.25, -0.2) is 0 Å². The van der Waals surface area contributed by atoms with Gasteiger partial charge in [-0.2, -0.15) is 18.3 Å². The van der Waals surface area contributed by atoms with Crippen molar-refractivity contribution in [2.45, 2.75) is 18.8 Å². The second-order valence-electron chi connectivity index (χ2n) is 8.67. The Morgan fingerprint density at radius 2 is 1.92 bits per heavy atom. The third-order valence-electron chi connectivity index (χ3n) is 6.11. The van der Waals surface area contributed by atoms with Gasteiger partial charge in [0, 0.05) is 36.6 Å². The van der Waals surface area contributed by atoms with Crippen LogP contribution >= 0.6 is 23.4 Å². The number of fused-ring (bicyclic) bond motifs is 1. The van der Waals surface area contributed by atoms with Crippen LogP contribution in [0.4, 0.5) is 18.0 Å². The number of aliphatic hydroxyl groups excluding tert-OH is 1. The summed E-state index contributed by atoms with van der Waals surface area (Å²) in [6, 6.07) is 8.86. The van der Waals surface area contributed by atoms with E-state index in [4.69, 9.17) is 11.6 Å². The largest absolute Gasteiger partial charge is 0.416 e. The lowest BCUT2D eigenvalue weighted by Gasteiger charge is -2.36. The first kappa shape index (κ1) is 24.8. The summed E-state index contributed by atoms with van der Waals surface area (Å²) in [6.07, 6.45) is -1.73. The maximum absolute atomic E-state index is 13.5. The van der Waals surface area contributed by atoms with E-state index in [0.717, 1.165) is 17.8 Å². The zero-order valence-corrected chi connectivity index (χ0v) is 20.3. The van der Waals surface area contributed by atoms with Crippen molar-refractivity contribution in [3.8, 4) is 0 Å². The second kappa shape index (κ2) is 9.55. The Morgan fingerprint density at radius 3 is 2.64 bits per heavy atom. The molecule has 0 spiro atoms. The minimum atomic E-state index is -4.55.